The molecular formula is C13H21N3O2. The van der Waals surface area contributed by atoms with Gasteiger partial charge < -0.3 is 14.8 Å². The van der Waals surface area contributed by atoms with E-state index in [0.717, 1.165) is 51.4 Å². The van der Waals surface area contributed by atoms with Crippen molar-refractivity contribution in [2.45, 2.75) is 19.8 Å². The highest BCUT2D eigenvalue weighted by Gasteiger charge is 2.14. The molecule has 1 N–H and O–H groups in total. The van der Waals surface area contributed by atoms with Gasteiger partial charge in [0.2, 0.25) is 5.95 Å². The average molecular weight is 251 g/mol. The van der Waals surface area contributed by atoms with Gasteiger partial charge in [0.15, 0.2) is 0 Å². The van der Waals surface area contributed by atoms with Gasteiger partial charge in [-0.25, -0.2) is 9.97 Å². The summed E-state index contributed by atoms with van der Waals surface area (Å²) in [6.07, 6.45) is 5.72. The molecule has 2 rings (SSSR count). The minimum absolute atomic E-state index is 0.596. The molecule has 1 aliphatic heterocycles. The van der Waals surface area contributed by atoms with Crippen LogP contribution in [0.1, 0.15) is 18.4 Å². The van der Waals surface area contributed by atoms with Gasteiger partial charge in [0.1, 0.15) is 0 Å². The average Bonchev–Trinajstić information content (AvgIpc) is 2.89. The van der Waals surface area contributed by atoms with Gasteiger partial charge in [-0.05, 0) is 25.3 Å². The third kappa shape index (κ3) is 4.58. The number of aryl methyl sites for hydroxylation is 1. The second kappa shape index (κ2) is 7.28. The van der Waals surface area contributed by atoms with Crippen molar-refractivity contribution in [2.24, 2.45) is 5.92 Å². The molecule has 5 nitrogen and oxygen atoms in total. The van der Waals surface area contributed by atoms with Crippen molar-refractivity contribution in [1.29, 1.82) is 0 Å². The number of aromatic nitrogens is 2. The smallest absolute Gasteiger partial charge is 0.222 e. The van der Waals surface area contributed by atoms with Crippen molar-refractivity contribution in [3.63, 3.8) is 0 Å². The maximum absolute atomic E-state index is 5.61. The van der Waals surface area contributed by atoms with Gasteiger partial charge >= 0.3 is 0 Å². The molecule has 0 saturated carbocycles. The molecule has 1 saturated heterocycles. The normalized spacial score (nSPS) is 19.1. The van der Waals surface area contributed by atoms with Gasteiger partial charge in [-0.2, -0.15) is 0 Å². The Kier molecular flexibility index (Phi) is 5.36. The summed E-state index contributed by atoms with van der Waals surface area (Å²) < 4.78 is 10.9. The minimum Gasteiger partial charge on any atom is -0.381 e. The highest BCUT2D eigenvalue weighted by atomic mass is 16.5. The van der Waals surface area contributed by atoms with Crippen molar-refractivity contribution in [3.05, 3.63) is 18.0 Å². The third-order valence-electron chi connectivity index (χ3n) is 2.91. The summed E-state index contributed by atoms with van der Waals surface area (Å²) in [5.74, 6) is 1.28. The van der Waals surface area contributed by atoms with Crippen molar-refractivity contribution in [2.75, 3.05) is 38.3 Å². The summed E-state index contributed by atoms with van der Waals surface area (Å²) in [4.78, 5) is 8.36. The summed E-state index contributed by atoms with van der Waals surface area (Å²) in [6.45, 7) is 6.15. The van der Waals surface area contributed by atoms with E-state index in [1.807, 2.05) is 19.3 Å². The van der Waals surface area contributed by atoms with Crippen LogP contribution in [-0.4, -0.2) is 42.9 Å². The number of hydrogen-bond donors (Lipinski definition) is 1. The summed E-state index contributed by atoms with van der Waals surface area (Å²) in [6, 6.07) is 0. The molecule has 18 heavy (non-hydrogen) atoms. The molecule has 1 fully saturated rings. The Morgan fingerprint density at radius 3 is 3.00 bits per heavy atom. The molecule has 1 aliphatic rings. The number of anilines is 1. The molecule has 0 aliphatic carbocycles. The van der Waals surface area contributed by atoms with E-state index in [2.05, 4.69) is 15.3 Å². The van der Waals surface area contributed by atoms with Crippen LogP contribution in [0.5, 0.6) is 0 Å². The third-order valence-corrected chi connectivity index (χ3v) is 2.91. The van der Waals surface area contributed by atoms with Gasteiger partial charge in [-0.15, -0.1) is 0 Å². The molecule has 5 heteroatoms. The largest absolute Gasteiger partial charge is 0.381 e. The van der Waals surface area contributed by atoms with Gasteiger partial charge in [-0.1, -0.05) is 0 Å². The Balaban J connectivity index is 1.49. The Morgan fingerprint density at radius 2 is 2.28 bits per heavy atom. The quantitative estimate of drug-likeness (QED) is 0.747. The first kappa shape index (κ1) is 13.2. The zero-order chi connectivity index (χ0) is 12.6. The van der Waals surface area contributed by atoms with Crippen LogP contribution >= 0.6 is 0 Å². The van der Waals surface area contributed by atoms with Gasteiger partial charge in [0.05, 0.1) is 13.2 Å². The van der Waals surface area contributed by atoms with Crippen LogP contribution in [0.4, 0.5) is 5.95 Å². The summed E-state index contributed by atoms with van der Waals surface area (Å²) in [5.41, 5.74) is 1.07. The lowest BCUT2D eigenvalue weighted by Crippen LogP contribution is -2.12. The molecule has 0 spiro atoms. The van der Waals surface area contributed by atoms with Crippen LogP contribution in [0.2, 0.25) is 0 Å². The van der Waals surface area contributed by atoms with Crippen LogP contribution in [-0.2, 0) is 9.47 Å². The number of rotatable bonds is 7. The SMILES string of the molecule is Cc1cnc(NCCCOCC2CCOC2)nc1. The van der Waals surface area contributed by atoms with Gasteiger partial charge in [0, 0.05) is 38.1 Å². The number of nitrogens with zero attached hydrogens (tertiary/aromatic N) is 2. The predicted molar refractivity (Wildman–Crippen MR) is 69.6 cm³/mol. The highest BCUT2D eigenvalue weighted by molar-refractivity contribution is 5.23. The Morgan fingerprint density at radius 1 is 1.44 bits per heavy atom. The molecule has 100 valence electrons. The molecule has 0 aromatic carbocycles. The highest BCUT2D eigenvalue weighted by Crippen LogP contribution is 2.12. The Labute approximate surface area is 108 Å². The molecule has 0 bridgehead atoms. The summed E-state index contributed by atoms with van der Waals surface area (Å²) in [7, 11) is 0. The predicted octanol–water partition coefficient (Wildman–Crippen LogP) is 1.64. The molecule has 0 radical (unpaired) electrons. The summed E-state index contributed by atoms with van der Waals surface area (Å²) >= 11 is 0. The maximum atomic E-state index is 5.61. The van der Waals surface area contributed by atoms with Crippen molar-refractivity contribution in [1.82, 2.24) is 9.97 Å². The first-order valence-electron chi connectivity index (χ1n) is 6.52. The lowest BCUT2D eigenvalue weighted by Gasteiger charge is -2.09. The van der Waals surface area contributed by atoms with Crippen LogP contribution in [0.15, 0.2) is 12.4 Å². The van der Waals surface area contributed by atoms with E-state index < -0.39 is 0 Å². The Bertz CT molecular complexity index is 337. The zero-order valence-electron chi connectivity index (χ0n) is 10.9. The van der Waals surface area contributed by atoms with Crippen LogP contribution in [0.25, 0.3) is 0 Å². The molecule has 1 aromatic rings. The van der Waals surface area contributed by atoms with E-state index in [0.29, 0.717) is 11.9 Å². The molecule has 1 atom stereocenters. The topological polar surface area (TPSA) is 56.3 Å². The fourth-order valence-corrected chi connectivity index (χ4v) is 1.82. The zero-order valence-corrected chi connectivity index (χ0v) is 10.9. The van der Waals surface area contributed by atoms with Crippen molar-refractivity contribution < 1.29 is 9.47 Å². The monoisotopic (exact) mass is 251 g/mol. The first-order chi connectivity index (χ1) is 8.84. The second-order valence-electron chi connectivity index (χ2n) is 4.67. The summed E-state index contributed by atoms with van der Waals surface area (Å²) in [5, 5.41) is 3.17. The minimum atomic E-state index is 0.596. The molecular weight excluding hydrogens is 230 g/mol. The number of nitrogens with one attached hydrogen (secondary N) is 1. The van der Waals surface area contributed by atoms with Gasteiger partial charge in [0.25, 0.3) is 0 Å². The lowest BCUT2D eigenvalue weighted by atomic mass is 10.1. The van der Waals surface area contributed by atoms with E-state index in [1.165, 1.54) is 0 Å². The molecule has 1 unspecified atom stereocenters. The van der Waals surface area contributed by atoms with Gasteiger partial charge in [-0.3, -0.25) is 0 Å². The van der Waals surface area contributed by atoms with Crippen molar-refractivity contribution >= 4 is 5.95 Å². The lowest BCUT2D eigenvalue weighted by molar-refractivity contribution is 0.0897. The van der Waals surface area contributed by atoms with E-state index in [1.54, 1.807) is 0 Å². The maximum Gasteiger partial charge on any atom is 0.222 e. The van der Waals surface area contributed by atoms with Crippen molar-refractivity contribution in [3.8, 4) is 0 Å². The van der Waals surface area contributed by atoms with E-state index >= 15 is 0 Å². The van der Waals surface area contributed by atoms with E-state index in [9.17, 15) is 0 Å². The fraction of sp³-hybridized carbons (Fsp3) is 0.692. The second-order valence-corrected chi connectivity index (χ2v) is 4.67. The molecule has 1 aromatic heterocycles. The van der Waals surface area contributed by atoms with Crippen LogP contribution in [0.3, 0.4) is 0 Å². The van der Waals surface area contributed by atoms with E-state index in [-0.39, 0.29) is 0 Å². The van der Waals surface area contributed by atoms with E-state index in [4.69, 9.17) is 9.47 Å². The fourth-order valence-electron chi connectivity index (χ4n) is 1.82. The molecule has 0 amide bonds. The molecule has 2 heterocycles. The van der Waals surface area contributed by atoms with Crippen LogP contribution < -0.4 is 5.32 Å². The van der Waals surface area contributed by atoms with Crippen LogP contribution in [0, 0.1) is 12.8 Å². The number of hydrogen-bond acceptors (Lipinski definition) is 5. The standard InChI is InChI=1S/C13H21N3O2/c1-11-7-15-13(16-8-11)14-4-2-5-17-9-12-3-6-18-10-12/h7-8,12H,2-6,9-10H2,1H3,(H,14,15,16). The first-order valence-corrected chi connectivity index (χ1v) is 6.52. The number of ether oxygens (including phenoxy) is 2. The Hall–Kier alpha value is -1.20.